The predicted molar refractivity (Wildman–Crippen MR) is 83.5 cm³/mol. The monoisotopic (exact) mass is 294 g/mol. The van der Waals surface area contributed by atoms with Gasteiger partial charge in [0.05, 0.1) is 6.04 Å². The molecule has 0 saturated carbocycles. The van der Waals surface area contributed by atoms with Crippen molar-refractivity contribution >= 4 is 17.4 Å². The summed E-state index contributed by atoms with van der Waals surface area (Å²) in [4.78, 5) is 17.2. The van der Waals surface area contributed by atoms with Gasteiger partial charge >= 0.3 is 0 Å². The number of piperazine rings is 1. The molecule has 110 valence electrons. The highest BCUT2D eigenvalue weighted by Gasteiger charge is 2.31. The fraction of sp³-hybridized carbons (Fsp3) is 0.562. The standard InChI is InChI=1S/C16H23ClN2O/c1-11-9-19(10-12(2)18(11)4)13(3)16(20)14-5-7-15(17)8-6-14/h5-8,11-13H,9-10H2,1-4H3. The highest BCUT2D eigenvalue weighted by Crippen LogP contribution is 2.19. The number of rotatable bonds is 3. The molecular weight excluding hydrogens is 272 g/mol. The number of Topliss-reactive ketones (excluding diaryl/α,β-unsaturated/α-hetero) is 1. The van der Waals surface area contributed by atoms with Gasteiger partial charge in [0, 0.05) is 35.8 Å². The Kier molecular flexibility index (Phi) is 4.84. The summed E-state index contributed by atoms with van der Waals surface area (Å²) in [6.45, 7) is 8.29. The topological polar surface area (TPSA) is 23.6 Å². The molecule has 0 spiro atoms. The van der Waals surface area contributed by atoms with E-state index in [1.54, 1.807) is 12.1 Å². The lowest BCUT2D eigenvalue weighted by Crippen LogP contribution is -2.58. The number of benzene rings is 1. The molecule has 0 N–H and O–H groups in total. The number of carbonyl (C=O) groups excluding carboxylic acids is 1. The molecule has 4 heteroatoms. The van der Waals surface area contributed by atoms with Gasteiger partial charge in [-0.2, -0.15) is 0 Å². The van der Waals surface area contributed by atoms with Gasteiger partial charge in [-0.15, -0.1) is 0 Å². The minimum Gasteiger partial charge on any atom is -0.298 e. The van der Waals surface area contributed by atoms with Gasteiger partial charge < -0.3 is 0 Å². The zero-order valence-corrected chi connectivity index (χ0v) is 13.4. The van der Waals surface area contributed by atoms with Crippen LogP contribution in [0.2, 0.25) is 5.02 Å². The van der Waals surface area contributed by atoms with Crippen molar-refractivity contribution in [3.8, 4) is 0 Å². The zero-order chi connectivity index (χ0) is 14.9. The van der Waals surface area contributed by atoms with Crippen molar-refractivity contribution in [2.75, 3.05) is 20.1 Å². The molecule has 1 aromatic carbocycles. The maximum absolute atomic E-state index is 12.6. The third-order valence-electron chi connectivity index (χ3n) is 4.44. The Labute approximate surface area is 126 Å². The minimum absolute atomic E-state index is 0.0882. The van der Waals surface area contributed by atoms with Gasteiger partial charge in [-0.3, -0.25) is 14.6 Å². The lowest BCUT2D eigenvalue weighted by Gasteiger charge is -2.44. The van der Waals surface area contributed by atoms with Gasteiger partial charge in [0.2, 0.25) is 0 Å². The number of hydrogen-bond donors (Lipinski definition) is 0. The van der Waals surface area contributed by atoms with Crippen LogP contribution >= 0.6 is 11.6 Å². The molecule has 0 radical (unpaired) electrons. The Bertz CT molecular complexity index is 462. The fourth-order valence-corrected chi connectivity index (χ4v) is 2.91. The molecule has 1 saturated heterocycles. The molecule has 0 amide bonds. The van der Waals surface area contributed by atoms with Gasteiger partial charge in [-0.1, -0.05) is 11.6 Å². The molecule has 1 aromatic rings. The average Bonchev–Trinajstić information content (AvgIpc) is 2.43. The first kappa shape index (κ1) is 15.5. The summed E-state index contributed by atoms with van der Waals surface area (Å²) >= 11 is 5.87. The van der Waals surface area contributed by atoms with Crippen LogP contribution in [0.1, 0.15) is 31.1 Å². The molecule has 3 atom stereocenters. The van der Waals surface area contributed by atoms with E-state index in [-0.39, 0.29) is 11.8 Å². The van der Waals surface area contributed by atoms with Gasteiger partial charge in [-0.05, 0) is 52.1 Å². The first-order valence-electron chi connectivity index (χ1n) is 7.16. The number of halogens is 1. The quantitative estimate of drug-likeness (QED) is 0.801. The highest BCUT2D eigenvalue weighted by atomic mass is 35.5. The summed E-state index contributed by atoms with van der Waals surface area (Å²) in [5, 5.41) is 0.663. The van der Waals surface area contributed by atoms with E-state index in [1.165, 1.54) is 0 Å². The molecule has 3 nitrogen and oxygen atoms in total. The summed E-state index contributed by atoms with van der Waals surface area (Å²) in [5.41, 5.74) is 0.737. The summed E-state index contributed by atoms with van der Waals surface area (Å²) in [7, 11) is 2.15. The zero-order valence-electron chi connectivity index (χ0n) is 12.6. The molecule has 0 aromatic heterocycles. The SMILES string of the molecule is CC(C(=O)c1ccc(Cl)cc1)N1CC(C)N(C)C(C)C1. The average molecular weight is 295 g/mol. The Morgan fingerprint density at radius 3 is 2.20 bits per heavy atom. The molecule has 3 unspecified atom stereocenters. The lowest BCUT2D eigenvalue weighted by atomic mass is 10.0. The molecule has 1 fully saturated rings. The maximum Gasteiger partial charge on any atom is 0.179 e. The Balaban J connectivity index is 2.09. The summed E-state index contributed by atoms with van der Waals surface area (Å²) in [5.74, 6) is 0.172. The highest BCUT2D eigenvalue weighted by molar-refractivity contribution is 6.30. The smallest absolute Gasteiger partial charge is 0.179 e. The van der Waals surface area contributed by atoms with Crippen molar-refractivity contribution < 1.29 is 4.79 Å². The maximum atomic E-state index is 12.6. The molecule has 20 heavy (non-hydrogen) atoms. The van der Waals surface area contributed by atoms with E-state index in [1.807, 2.05) is 19.1 Å². The van der Waals surface area contributed by atoms with Gasteiger partial charge in [0.1, 0.15) is 0 Å². The van der Waals surface area contributed by atoms with E-state index < -0.39 is 0 Å². The second-order valence-electron chi connectivity index (χ2n) is 5.86. The van der Waals surface area contributed by atoms with E-state index in [9.17, 15) is 4.79 Å². The van der Waals surface area contributed by atoms with E-state index in [4.69, 9.17) is 11.6 Å². The number of likely N-dealkylation sites (N-methyl/N-ethyl adjacent to an activating group) is 1. The molecular formula is C16H23ClN2O. The van der Waals surface area contributed by atoms with Crippen molar-refractivity contribution in [1.82, 2.24) is 9.80 Å². The number of carbonyl (C=O) groups is 1. The van der Waals surface area contributed by atoms with Crippen LogP contribution in [0.15, 0.2) is 24.3 Å². The first-order valence-corrected chi connectivity index (χ1v) is 7.53. The summed E-state index contributed by atoms with van der Waals surface area (Å²) < 4.78 is 0. The van der Waals surface area contributed by atoms with Gasteiger partial charge in [0.15, 0.2) is 5.78 Å². The normalized spacial score (nSPS) is 26.4. The minimum atomic E-state index is -0.0882. The van der Waals surface area contributed by atoms with Crippen LogP contribution in [0.25, 0.3) is 0 Å². The van der Waals surface area contributed by atoms with Gasteiger partial charge in [0.25, 0.3) is 0 Å². The lowest BCUT2D eigenvalue weighted by molar-refractivity contribution is 0.0355. The summed E-state index contributed by atoms with van der Waals surface area (Å²) in [6.07, 6.45) is 0. The van der Waals surface area contributed by atoms with E-state index in [0.717, 1.165) is 18.7 Å². The van der Waals surface area contributed by atoms with E-state index in [2.05, 4.69) is 30.7 Å². The third-order valence-corrected chi connectivity index (χ3v) is 4.70. The van der Waals surface area contributed by atoms with Crippen molar-refractivity contribution in [3.05, 3.63) is 34.9 Å². The number of hydrogen-bond acceptors (Lipinski definition) is 3. The van der Waals surface area contributed by atoms with Crippen LogP contribution in [0.4, 0.5) is 0 Å². The van der Waals surface area contributed by atoms with Crippen LogP contribution in [0.3, 0.4) is 0 Å². The molecule has 0 bridgehead atoms. The number of nitrogens with zero attached hydrogens (tertiary/aromatic N) is 2. The largest absolute Gasteiger partial charge is 0.298 e. The van der Waals surface area contributed by atoms with Crippen LogP contribution < -0.4 is 0 Å². The Morgan fingerprint density at radius 2 is 1.70 bits per heavy atom. The summed E-state index contributed by atoms with van der Waals surface area (Å²) in [6, 6.07) is 8.02. The molecule has 0 aliphatic carbocycles. The van der Waals surface area contributed by atoms with E-state index >= 15 is 0 Å². The van der Waals surface area contributed by atoms with E-state index in [0.29, 0.717) is 17.1 Å². The number of ketones is 1. The second-order valence-corrected chi connectivity index (χ2v) is 6.30. The van der Waals surface area contributed by atoms with Crippen molar-refractivity contribution in [2.24, 2.45) is 0 Å². The van der Waals surface area contributed by atoms with Crippen LogP contribution in [0, 0.1) is 0 Å². The Morgan fingerprint density at radius 1 is 1.20 bits per heavy atom. The van der Waals surface area contributed by atoms with Crippen LogP contribution in [-0.2, 0) is 0 Å². The van der Waals surface area contributed by atoms with Crippen molar-refractivity contribution in [1.29, 1.82) is 0 Å². The van der Waals surface area contributed by atoms with Crippen molar-refractivity contribution in [2.45, 2.75) is 38.9 Å². The third kappa shape index (κ3) is 3.22. The molecule has 1 heterocycles. The molecule has 2 rings (SSSR count). The van der Waals surface area contributed by atoms with Crippen LogP contribution in [-0.4, -0.2) is 53.8 Å². The van der Waals surface area contributed by atoms with Gasteiger partial charge in [-0.25, -0.2) is 0 Å². The predicted octanol–water partition coefficient (Wildman–Crippen LogP) is 2.94. The van der Waals surface area contributed by atoms with Crippen molar-refractivity contribution in [3.63, 3.8) is 0 Å². The second kappa shape index (κ2) is 6.25. The Hall–Kier alpha value is -0.900. The molecule has 1 aliphatic heterocycles. The fourth-order valence-electron chi connectivity index (χ4n) is 2.78. The van der Waals surface area contributed by atoms with Crippen LogP contribution in [0.5, 0.6) is 0 Å². The molecule has 1 aliphatic rings. The first-order chi connectivity index (χ1) is 9.40.